The topological polar surface area (TPSA) is 39.7 Å². The van der Waals surface area contributed by atoms with Crippen molar-refractivity contribution in [3.63, 3.8) is 0 Å². The Kier molecular flexibility index (Phi) is 4.81. The first kappa shape index (κ1) is 11.9. The van der Waals surface area contributed by atoms with Gasteiger partial charge in [0.25, 0.3) is 0 Å². The maximum absolute atomic E-state index is 5.77. The second kappa shape index (κ2) is 5.66. The molecular formula is C10H21NO3. The fourth-order valence-electron chi connectivity index (χ4n) is 1.89. The van der Waals surface area contributed by atoms with Gasteiger partial charge in [0, 0.05) is 20.3 Å². The van der Waals surface area contributed by atoms with Crippen molar-refractivity contribution in [1.29, 1.82) is 0 Å². The highest BCUT2D eigenvalue weighted by Gasteiger charge is 2.41. The highest BCUT2D eigenvalue weighted by Crippen LogP contribution is 2.27. The second-order valence-corrected chi connectivity index (χ2v) is 3.77. The van der Waals surface area contributed by atoms with E-state index in [4.69, 9.17) is 14.2 Å². The quantitative estimate of drug-likeness (QED) is 0.679. The van der Waals surface area contributed by atoms with Gasteiger partial charge in [-0.1, -0.05) is 0 Å². The van der Waals surface area contributed by atoms with E-state index in [1.54, 1.807) is 14.2 Å². The summed E-state index contributed by atoms with van der Waals surface area (Å²) in [5, 5.41) is 3.20. The maximum atomic E-state index is 5.77. The minimum Gasteiger partial charge on any atom is -0.382 e. The van der Waals surface area contributed by atoms with Crippen molar-refractivity contribution in [3.8, 4) is 0 Å². The van der Waals surface area contributed by atoms with E-state index in [9.17, 15) is 0 Å². The van der Waals surface area contributed by atoms with Crippen LogP contribution in [0.3, 0.4) is 0 Å². The smallest absolute Gasteiger partial charge is 0.0986 e. The molecule has 4 heteroatoms. The van der Waals surface area contributed by atoms with Gasteiger partial charge < -0.3 is 19.5 Å². The molecule has 0 aromatic carbocycles. The molecule has 0 saturated heterocycles. The summed E-state index contributed by atoms with van der Waals surface area (Å²) in [4.78, 5) is 0. The normalized spacial score (nSPS) is 33.9. The molecule has 4 atom stereocenters. The van der Waals surface area contributed by atoms with Crippen LogP contribution in [0.4, 0.5) is 0 Å². The van der Waals surface area contributed by atoms with Crippen LogP contribution in [-0.2, 0) is 14.2 Å². The molecule has 0 bridgehead atoms. The van der Waals surface area contributed by atoms with E-state index in [-0.39, 0.29) is 18.3 Å². The molecule has 84 valence electrons. The predicted molar refractivity (Wildman–Crippen MR) is 54.5 cm³/mol. The highest BCUT2D eigenvalue weighted by atomic mass is 16.6. The van der Waals surface area contributed by atoms with Gasteiger partial charge in [-0.2, -0.15) is 0 Å². The fraction of sp³-hybridized carbons (Fsp3) is 1.00. The average Bonchev–Trinajstić information content (AvgIpc) is 2.12. The zero-order chi connectivity index (χ0) is 10.6. The first-order chi connectivity index (χ1) is 6.72. The Balaban J connectivity index is 2.26. The summed E-state index contributed by atoms with van der Waals surface area (Å²) in [5.41, 5.74) is 0. The zero-order valence-corrected chi connectivity index (χ0v) is 9.45. The van der Waals surface area contributed by atoms with Gasteiger partial charge in [0.1, 0.15) is 0 Å². The van der Waals surface area contributed by atoms with Crippen LogP contribution in [0, 0.1) is 0 Å². The molecule has 1 saturated carbocycles. The minimum absolute atomic E-state index is 0.139. The van der Waals surface area contributed by atoms with Gasteiger partial charge in [0.2, 0.25) is 0 Å². The van der Waals surface area contributed by atoms with Crippen LogP contribution in [-0.4, -0.2) is 52.2 Å². The molecule has 1 N–H and O–H groups in total. The van der Waals surface area contributed by atoms with Gasteiger partial charge in [0.05, 0.1) is 24.9 Å². The molecule has 0 aliphatic heterocycles. The van der Waals surface area contributed by atoms with Gasteiger partial charge in [0.15, 0.2) is 0 Å². The predicted octanol–water partition coefficient (Wildman–Crippen LogP) is 0.413. The molecule has 0 aromatic rings. The SMILES string of the molecule is CNC1CC(OC(C)COC)C1OC. The summed E-state index contributed by atoms with van der Waals surface area (Å²) >= 11 is 0. The van der Waals surface area contributed by atoms with Crippen molar-refractivity contribution in [1.82, 2.24) is 5.32 Å². The molecule has 0 heterocycles. The third kappa shape index (κ3) is 2.67. The average molecular weight is 203 g/mol. The van der Waals surface area contributed by atoms with Crippen LogP contribution in [0.5, 0.6) is 0 Å². The summed E-state index contributed by atoms with van der Waals surface area (Å²) in [6.07, 6.45) is 1.55. The van der Waals surface area contributed by atoms with Gasteiger partial charge in [-0.3, -0.25) is 0 Å². The lowest BCUT2D eigenvalue weighted by molar-refractivity contribution is -0.160. The summed E-state index contributed by atoms with van der Waals surface area (Å²) in [7, 11) is 5.36. The molecule has 0 spiro atoms. The first-order valence-corrected chi connectivity index (χ1v) is 5.07. The number of likely N-dealkylation sites (N-methyl/N-ethyl adjacent to an activating group) is 1. The molecule has 0 amide bonds. The standard InChI is InChI=1S/C10H21NO3/c1-7(6-12-3)14-9-5-8(11-2)10(9)13-4/h7-11H,5-6H2,1-4H3. The van der Waals surface area contributed by atoms with Crippen molar-refractivity contribution in [3.05, 3.63) is 0 Å². The molecular weight excluding hydrogens is 182 g/mol. The Bertz CT molecular complexity index is 165. The first-order valence-electron chi connectivity index (χ1n) is 5.07. The van der Waals surface area contributed by atoms with Gasteiger partial charge in [-0.15, -0.1) is 0 Å². The lowest BCUT2D eigenvalue weighted by atomic mass is 9.85. The molecule has 0 aromatic heterocycles. The van der Waals surface area contributed by atoms with Crippen molar-refractivity contribution < 1.29 is 14.2 Å². The molecule has 0 radical (unpaired) electrons. The van der Waals surface area contributed by atoms with E-state index in [1.807, 2.05) is 14.0 Å². The second-order valence-electron chi connectivity index (χ2n) is 3.77. The van der Waals surface area contributed by atoms with Crippen LogP contribution in [0.2, 0.25) is 0 Å². The lowest BCUT2D eigenvalue weighted by Gasteiger charge is -2.44. The van der Waals surface area contributed by atoms with E-state index < -0.39 is 0 Å². The summed E-state index contributed by atoms with van der Waals surface area (Å²) in [5.74, 6) is 0. The molecule has 1 rings (SSSR count). The maximum Gasteiger partial charge on any atom is 0.0986 e. The Morgan fingerprint density at radius 2 is 2.14 bits per heavy atom. The molecule has 4 unspecified atom stereocenters. The van der Waals surface area contributed by atoms with Crippen LogP contribution in [0.25, 0.3) is 0 Å². The van der Waals surface area contributed by atoms with Crippen LogP contribution < -0.4 is 5.32 Å². The Morgan fingerprint density at radius 1 is 1.43 bits per heavy atom. The summed E-state index contributed by atoms with van der Waals surface area (Å²) < 4.78 is 16.1. The van der Waals surface area contributed by atoms with Crippen molar-refractivity contribution in [2.45, 2.75) is 37.7 Å². The van der Waals surface area contributed by atoms with Gasteiger partial charge in [-0.05, 0) is 20.4 Å². The monoisotopic (exact) mass is 203 g/mol. The van der Waals surface area contributed by atoms with E-state index in [0.29, 0.717) is 12.6 Å². The van der Waals surface area contributed by atoms with Gasteiger partial charge >= 0.3 is 0 Å². The number of methoxy groups -OCH3 is 2. The Labute approximate surface area is 85.9 Å². The van der Waals surface area contributed by atoms with Crippen LogP contribution >= 0.6 is 0 Å². The van der Waals surface area contributed by atoms with E-state index >= 15 is 0 Å². The summed E-state index contributed by atoms with van der Waals surface area (Å²) in [6, 6.07) is 0.430. The molecule has 14 heavy (non-hydrogen) atoms. The Morgan fingerprint density at radius 3 is 2.64 bits per heavy atom. The van der Waals surface area contributed by atoms with Crippen LogP contribution in [0.15, 0.2) is 0 Å². The van der Waals surface area contributed by atoms with Gasteiger partial charge in [-0.25, -0.2) is 0 Å². The van der Waals surface area contributed by atoms with Crippen molar-refractivity contribution >= 4 is 0 Å². The van der Waals surface area contributed by atoms with Crippen LogP contribution in [0.1, 0.15) is 13.3 Å². The van der Waals surface area contributed by atoms with Crippen molar-refractivity contribution in [2.24, 2.45) is 0 Å². The number of hydrogen-bond acceptors (Lipinski definition) is 4. The largest absolute Gasteiger partial charge is 0.382 e. The lowest BCUT2D eigenvalue weighted by Crippen LogP contribution is -2.59. The highest BCUT2D eigenvalue weighted by molar-refractivity contribution is 4.96. The molecule has 4 nitrogen and oxygen atoms in total. The van der Waals surface area contributed by atoms with E-state index in [0.717, 1.165) is 6.42 Å². The minimum atomic E-state index is 0.139. The zero-order valence-electron chi connectivity index (χ0n) is 9.45. The molecule has 1 aliphatic rings. The third-order valence-electron chi connectivity index (χ3n) is 2.70. The van der Waals surface area contributed by atoms with E-state index in [1.165, 1.54) is 0 Å². The number of rotatable bonds is 6. The molecule has 1 fully saturated rings. The summed E-state index contributed by atoms with van der Waals surface area (Å²) in [6.45, 7) is 2.65. The number of ether oxygens (including phenoxy) is 3. The molecule has 1 aliphatic carbocycles. The van der Waals surface area contributed by atoms with Crippen molar-refractivity contribution in [2.75, 3.05) is 27.9 Å². The van der Waals surface area contributed by atoms with E-state index in [2.05, 4.69) is 5.32 Å². The Hall–Kier alpha value is -0.160. The third-order valence-corrected chi connectivity index (χ3v) is 2.70. The fourth-order valence-corrected chi connectivity index (χ4v) is 1.89. The number of nitrogens with one attached hydrogen (secondary N) is 1. The number of hydrogen-bond donors (Lipinski definition) is 1.